The van der Waals surface area contributed by atoms with Gasteiger partial charge in [-0.1, -0.05) is 20.8 Å². The highest BCUT2D eigenvalue weighted by atomic mass is 16.5. The summed E-state index contributed by atoms with van der Waals surface area (Å²) in [6, 6.07) is 3.86. The molecule has 1 atom stereocenters. The van der Waals surface area contributed by atoms with E-state index in [2.05, 4.69) is 19.2 Å². The highest BCUT2D eigenvalue weighted by Crippen LogP contribution is 2.28. The van der Waals surface area contributed by atoms with Gasteiger partial charge in [-0.05, 0) is 62.8 Å². The molecule has 0 saturated heterocycles. The third-order valence-electron chi connectivity index (χ3n) is 3.83. The third kappa shape index (κ3) is 5.24. The molecule has 0 bridgehead atoms. The monoisotopic (exact) mass is 321 g/mol. The van der Waals surface area contributed by atoms with Crippen molar-refractivity contribution in [1.29, 1.82) is 0 Å². The molecule has 0 heterocycles. The van der Waals surface area contributed by atoms with Crippen molar-refractivity contribution in [3.63, 3.8) is 0 Å². The molecule has 4 nitrogen and oxygen atoms in total. The van der Waals surface area contributed by atoms with Gasteiger partial charge >= 0.3 is 0 Å². The lowest BCUT2D eigenvalue weighted by Crippen LogP contribution is -2.44. The van der Waals surface area contributed by atoms with Crippen LogP contribution < -0.4 is 10.1 Å². The summed E-state index contributed by atoms with van der Waals surface area (Å²) in [6.07, 6.45) is 1.58. The minimum absolute atomic E-state index is 0.0939. The molecule has 0 aromatic heterocycles. The van der Waals surface area contributed by atoms with E-state index < -0.39 is 5.60 Å². The number of amides is 1. The molecule has 23 heavy (non-hydrogen) atoms. The summed E-state index contributed by atoms with van der Waals surface area (Å²) in [5.41, 5.74) is 1.97. The fourth-order valence-corrected chi connectivity index (χ4v) is 2.93. The normalized spacial score (nSPS) is 13.7. The van der Waals surface area contributed by atoms with E-state index in [-0.39, 0.29) is 5.91 Å². The van der Waals surface area contributed by atoms with Crippen LogP contribution in [0.4, 0.5) is 5.69 Å². The zero-order valence-electron chi connectivity index (χ0n) is 15.6. The summed E-state index contributed by atoms with van der Waals surface area (Å²) in [6.45, 7) is 12.7. The predicted molar refractivity (Wildman–Crippen MR) is 95.2 cm³/mol. The molecule has 0 radical (unpaired) electrons. The Labute approximate surface area is 140 Å². The van der Waals surface area contributed by atoms with E-state index in [1.165, 1.54) is 0 Å². The van der Waals surface area contributed by atoms with Gasteiger partial charge in [0.1, 0.15) is 11.4 Å². The second kappa shape index (κ2) is 8.34. The smallest absolute Gasteiger partial charge is 0.256 e. The fraction of sp³-hybridized carbons (Fsp3) is 0.632. The summed E-state index contributed by atoms with van der Waals surface area (Å²) >= 11 is 0. The van der Waals surface area contributed by atoms with Crippen LogP contribution in [0, 0.1) is 19.8 Å². The molecule has 0 fully saturated rings. The SMILES string of the molecule is CCCO[C@@](C)(CC(C)C)C(=O)Nc1cc(C)c(OC)c(C)c1. The van der Waals surface area contributed by atoms with Crippen LogP contribution in [0.15, 0.2) is 12.1 Å². The Hall–Kier alpha value is -1.55. The largest absolute Gasteiger partial charge is 0.496 e. The van der Waals surface area contributed by atoms with Crippen molar-refractivity contribution >= 4 is 11.6 Å². The third-order valence-corrected chi connectivity index (χ3v) is 3.83. The lowest BCUT2D eigenvalue weighted by molar-refractivity contribution is -0.141. The van der Waals surface area contributed by atoms with Crippen LogP contribution in [0.1, 0.15) is 51.7 Å². The number of anilines is 1. The van der Waals surface area contributed by atoms with Gasteiger partial charge in [0.2, 0.25) is 0 Å². The lowest BCUT2D eigenvalue weighted by Gasteiger charge is -2.30. The first kappa shape index (κ1) is 19.5. The number of carbonyl (C=O) groups is 1. The second-order valence-electron chi connectivity index (χ2n) is 6.77. The molecule has 1 N–H and O–H groups in total. The van der Waals surface area contributed by atoms with Crippen LogP contribution in [0.5, 0.6) is 5.75 Å². The Bertz CT molecular complexity index is 516. The van der Waals surface area contributed by atoms with E-state index in [0.717, 1.165) is 29.0 Å². The molecular formula is C19H31NO3. The van der Waals surface area contributed by atoms with Gasteiger partial charge < -0.3 is 14.8 Å². The van der Waals surface area contributed by atoms with Crippen LogP contribution >= 0.6 is 0 Å². The Morgan fingerprint density at radius 1 is 1.26 bits per heavy atom. The Morgan fingerprint density at radius 3 is 2.26 bits per heavy atom. The highest BCUT2D eigenvalue weighted by molar-refractivity contribution is 5.97. The van der Waals surface area contributed by atoms with Gasteiger partial charge in [0, 0.05) is 12.3 Å². The Balaban J connectivity index is 2.98. The average Bonchev–Trinajstić information content (AvgIpc) is 2.44. The van der Waals surface area contributed by atoms with Gasteiger partial charge in [0.15, 0.2) is 0 Å². The summed E-state index contributed by atoms with van der Waals surface area (Å²) in [5.74, 6) is 1.14. The van der Waals surface area contributed by atoms with E-state index >= 15 is 0 Å². The first-order valence-corrected chi connectivity index (χ1v) is 8.34. The van der Waals surface area contributed by atoms with Crippen molar-refractivity contribution in [1.82, 2.24) is 0 Å². The minimum atomic E-state index is -0.814. The summed E-state index contributed by atoms with van der Waals surface area (Å²) < 4.78 is 11.3. The van der Waals surface area contributed by atoms with Crippen molar-refractivity contribution in [2.75, 3.05) is 19.0 Å². The molecule has 0 saturated carbocycles. The number of aryl methyl sites for hydroxylation is 2. The molecule has 1 rings (SSSR count). The number of benzene rings is 1. The van der Waals surface area contributed by atoms with Crippen molar-refractivity contribution < 1.29 is 14.3 Å². The maximum Gasteiger partial charge on any atom is 0.256 e. The van der Waals surface area contributed by atoms with Gasteiger partial charge in [0.25, 0.3) is 5.91 Å². The number of hydrogen-bond acceptors (Lipinski definition) is 3. The standard InChI is InChI=1S/C19H31NO3/c1-8-9-23-19(6,12-13(2)3)18(21)20-16-10-14(4)17(22-7)15(5)11-16/h10-11,13H,8-9,12H2,1-7H3,(H,20,21)/t19-/m0/s1. The first-order chi connectivity index (χ1) is 10.7. The van der Waals surface area contributed by atoms with Gasteiger partial charge in [-0.15, -0.1) is 0 Å². The van der Waals surface area contributed by atoms with Crippen LogP contribution in [0.3, 0.4) is 0 Å². The summed E-state index contributed by atoms with van der Waals surface area (Å²) in [4.78, 5) is 12.8. The molecule has 0 spiro atoms. The molecule has 4 heteroatoms. The Morgan fingerprint density at radius 2 is 1.83 bits per heavy atom. The van der Waals surface area contributed by atoms with Crippen molar-refractivity contribution in [3.05, 3.63) is 23.3 Å². The number of carbonyl (C=O) groups excluding carboxylic acids is 1. The van der Waals surface area contributed by atoms with E-state index in [1.807, 2.05) is 39.8 Å². The molecule has 0 aliphatic carbocycles. The topological polar surface area (TPSA) is 47.6 Å². The molecular weight excluding hydrogens is 290 g/mol. The second-order valence-corrected chi connectivity index (χ2v) is 6.77. The van der Waals surface area contributed by atoms with Crippen LogP contribution in [0.25, 0.3) is 0 Å². The highest BCUT2D eigenvalue weighted by Gasteiger charge is 2.35. The molecule has 1 aromatic carbocycles. The molecule has 1 aromatic rings. The van der Waals surface area contributed by atoms with Crippen LogP contribution in [0.2, 0.25) is 0 Å². The van der Waals surface area contributed by atoms with Crippen molar-refractivity contribution in [3.8, 4) is 5.75 Å². The molecule has 0 aliphatic rings. The zero-order chi connectivity index (χ0) is 17.6. The molecule has 1 amide bonds. The fourth-order valence-electron chi connectivity index (χ4n) is 2.93. The number of nitrogens with one attached hydrogen (secondary N) is 1. The predicted octanol–water partition coefficient (Wildman–Crippen LogP) is 4.48. The van der Waals surface area contributed by atoms with Crippen LogP contribution in [-0.4, -0.2) is 25.2 Å². The summed E-state index contributed by atoms with van der Waals surface area (Å²) in [7, 11) is 1.66. The van der Waals surface area contributed by atoms with E-state index in [4.69, 9.17) is 9.47 Å². The molecule has 130 valence electrons. The maximum absolute atomic E-state index is 12.8. The number of hydrogen-bond donors (Lipinski definition) is 1. The average molecular weight is 321 g/mol. The lowest BCUT2D eigenvalue weighted by atomic mass is 9.92. The number of methoxy groups -OCH3 is 1. The zero-order valence-corrected chi connectivity index (χ0v) is 15.6. The van der Waals surface area contributed by atoms with Gasteiger partial charge in [0.05, 0.1) is 7.11 Å². The Kier molecular flexibility index (Phi) is 7.07. The van der Waals surface area contributed by atoms with Gasteiger partial charge in [-0.25, -0.2) is 0 Å². The van der Waals surface area contributed by atoms with Gasteiger partial charge in [-0.2, -0.15) is 0 Å². The quantitative estimate of drug-likeness (QED) is 0.768. The molecule has 0 unspecified atom stereocenters. The van der Waals surface area contributed by atoms with E-state index in [1.54, 1.807) is 7.11 Å². The first-order valence-electron chi connectivity index (χ1n) is 8.34. The van der Waals surface area contributed by atoms with Gasteiger partial charge in [-0.3, -0.25) is 4.79 Å². The maximum atomic E-state index is 12.8. The van der Waals surface area contributed by atoms with E-state index in [9.17, 15) is 4.79 Å². The molecule has 0 aliphatic heterocycles. The summed E-state index contributed by atoms with van der Waals surface area (Å²) in [5, 5.41) is 3.01. The minimum Gasteiger partial charge on any atom is -0.496 e. The van der Waals surface area contributed by atoms with E-state index in [0.29, 0.717) is 18.9 Å². The van der Waals surface area contributed by atoms with Crippen LogP contribution in [-0.2, 0) is 9.53 Å². The van der Waals surface area contributed by atoms with Crippen molar-refractivity contribution in [2.24, 2.45) is 5.92 Å². The number of ether oxygens (including phenoxy) is 2. The number of rotatable bonds is 8. The van der Waals surface area contributed by atoms with Crippen molar-refractivity contribution in [2.45, 2.75) is 60.0 Å².